The standard InChI is InChI=1S/C33H34O4/c1-36-30-10-7-22(8-12-32(34)35)16-28(30)27-9-11-31(37-21-23-5-3-2-4-6-23)29(17-27)33-18-24-13-25(19-33)15-26(14-24)20-33/h2-12,16-17,24-26H,13-15,18-21H2,1H3,(H,34,35)/b12-8+. The van der Waals surface area contributed by atoms with Crippen LogP contribution >= 0.6 is 0 Å². The van der Waals surface area contributed by atoms with Gasteiger partial charge in [0.15, 0.2) is 0 Å². The van der Waals surface area contributed by atoms with Crippen molar-refractivity contribution in [2.24, 2.45) is 17.8 Å². The number of carboxylic acid groups (broad SMARTS) is 1. The lowest BCUT2D eigenvalue weighted by Crippen LogP contribution is -2.48. The van der Waals surface area contributed by atoms with Crippen molar-refractivity contribution in [2.45, 2.75) is 50.5 Å². The van der Waals surface area contributed by atoms with Gasteiger partial charge in [-0.3, -0.25) is 0 Å². The number of aliphatic carboxylic acids is 1. The van der Waals surface area contributed by atoms with Gasteiger partial charge in [-0.1, -0.05) is 42.5 Å². The second-order valence-corrected chi connectivity index (χ2v) is 11.3. The molecule has 7 rings (SSSR count). The van der Waals surface area contributed by atoms with Gasteiger partial charge in [0.2, 0.25) is 0 Å². The van der Waals surface area contributed by atoms with Crippen LogP contribution in [0.1, 0.15) is 55.2 Å². The fourth-order valence-corrected chi connectivity index (χ4v) is 7.64. The van der Waals surface area contributed by atoms with E-state index in [1.54, 1.807) is 13.2 Å². The van der Waals surface area contributed by atoms with Crippen molar-refractivity contribution in [1.29, 1.82) is 0 Å². The van der Waals surface area contributed by atoms with Crippen LogP contribution in [0.3, 0.4) is 0 Å². The number of hydrogen-bond donors (Lipinski definition) is 1. The van der Waals surface area contributed by atoms with E-state index in [1.807, 2.05) is 24.3 Å². The molecule has 0 saturated heterocycles. The molecule has 0 atom stereocenters. The molecule has 190 valence electrons. The van der Waals surface area contributed by atoms with Crippen molar-refractivity contribution in [3.05, 3.63) is 89.5 Å². The summed E-state index contributed by atoms with van der Waals surface area (Å²) >= 11 is 0. The summed E-state index contributed by atoms with van der Waals surface area (Å²) in [6.07, 6.45) is 10.7. The van der Waals surface area contributed by atoms with E-state index in [1.165, 1.54) is 55.7 Å². The molecule has 4 aliphatic rings. The van der Waals surface area contributed by atoms with Gasteiger partial charge in [-0.2, -0.15) is 0 Å². The van der Waals surface area contributed by atoms with E-state index in [0.29, 0.717) is 6.61 Å². The van der Waals surface area contributed by atoms with Crippen LogP contribution in [-0.4, -0.2) is 18.2 Å². The predicted molar refractivity (Wildman–Crippen MR) is 146 cm³/mol. The number of hydrogen-bond acceptors (Lipinski definition) is 3. The molecule has 4 bridgehead atoms. The van der Waals surface area contributed by atoms with E-state index in [4.69, 9.17) is 14.6 Å². The maximum absolute atomic E-state index is 11.1. The summed E-state index contributed by atoms with van der Waals surface area (Å²) in [5, 5.41) is 9.09. The molecule has 4 fully saturated rings. The minimum Gasteiger partial charge on any atom is -0.496 e. The molecule has 37 heavy (non-hydrogen) atoms. The highest BCUT2D eigenvalue weighted by atomic mass is 16.5. The molecule has 4 nitrogen and oxygen atoms in total. The van der Waals surface area contributed by atoms with E-state index < -0.39 is 5.97 Å². The van der Waals surface area contributed by atoms with E-state index >= 15 is 0 Å². The molecular weight excluding hydrogens is 460 g/mol. The lowest BCUT2D eigenvalue weighted by Gasteiger charge is -2.57. The van der Waals surface area contributed by atoms with Gasteiger partial charge in [-0.15, -0.1) is 0 Å². The summed E-state index contributed by atoms with van der Waals surface area (Å²) < 4.78 is 12.3. The highest BCUT2D eigenvalue weighted by molar-refractivity contribution is 5.86. The van der Waals surface area contributed by atoms with Crippen molar-refractivity contribution in [3.63, 3.8) is 0 Å². The summed E-state index contributed by atoms with van der Waals surface area (Å²) in [4.78, 5) is 11.1. The molecule has 0 heterocycles. The molecule has 0 aromatic heterocycles. The molecule has 1 N–H and O–H groups in total. The van der Waals surface area contributed by atoms with Crippen LogP contribution in [0.4, 0.5) is 0 Å². The Morgan fingerprint density at radius 3 is 2.24 bits per heavy atom. The van der Waals surface area contributed by atoms with Gasteiger partial charge in [0.25, 0.3) is 0 Å². The zero-order valence-electron chi connectivity index (χ0n) is 21.4. The normalized spacial score (nSPS) is 25.9. The third kappa shape index (κ3) is 4.77. The van der Waals surface area contributed by atoms with Crippen molar-refractivity contribution in [1.82, 2.24) is 0 Å². The Balaban J connectivity index is 1.42. The Morgan fingerprint density at radius 1 is 0.919 bits per heavy atom. The van der Waals surface area contributed by atoms with Gasteiger partial charge < -0.3 is 14.6 Å². The van der Waals surface area contributed by atoms with Crippen LogP contribution in [0.25, 0.3) is 17.2 Å². The lowest BCUT2D eigenvalue weighted by molar-refractivity contribution is -0.131. The Kier molecular flexibility index (Phi) is 6.27. The van der Waals surface area contributed by atoms with Crippen LogP contribution in [0.15, 0.2) is 72.8 Å². The fraction of sp³-hybridized carbons (Fsp3) is 0.364. The number of methoxy groups -OCH3 is 1. The summed E-state index contributed by atoms with van der Waals surface area (Å²) in [7, 11) is 1.68. The molecule has 3 aromatic carbocycles. The topological polar surface area (TPSA) is 55.8 Å². The van der Waals surface area contributed by atoms with Crippen LogP contribution in [-0.2, 0) is 16.8 Å². The largest absolute Gasteiger partial charge is 0.496 e. The number of rotatable bonds is 8. The first kappa shape index (κ1) is 23.8. The summed E-state index contributed by atoms with van der Waals surface area (Å²) in [6.45, 7) is 0.554. The van der Waals surface area contributed by atoms with E-state index in [-0.39, 0.29) is 5.41 Å². The molecule has 3 aromatic rings. The number of carbonyl (C=O) groups is 1. The van der Waals surface area contributed by atoms with Gasteiger partial charge in [0.05, 0.1) is 7.11 Å². The molecule has 4 aliphatic carbocycles. The second kappa shape index (κ2) is 9.74. The van der Waals surface area contributed by atoms with Crippen LogP contribution in [0, 0.1) is 17.8 Å². The van der Waals surface area contributed by atoms with Crippen LogP contribution < -0.4 is 9.47 Å². The van der Waals surface area contributed by atoms with Crippen molar-refractivity contribution in [2.75, 3.05) is 7.11 Å². The molecule has 0 unspecified atom stereocenters. The summed E-state index contributed by atoms with van der Waals surface area (Å²) in [5.74, 6) is 3.31. The molecular formula is C33H34O4. The quantitative estimate of drug-likeness (QED) is 0.329. The van der Waals surface area contributed by atoms with Gasteiger partial charge in [0, 0.05) is 17.2 Å². The number of benzene rings is 3. The Bertz CT molecular complexity index is 1290. The molecule has 4 saturated carbocycles. The van der Waals surface area contributed by atoms with Gasteiger partial charge in [-0.05, 0) is 109 Å². The van der Waals surface area contributed by atoms with Gasteiger partial charge in [0.1, 0.15) is 18.1 Å². The first-order valence-corrected chi connectivity index (χ1v) is 13.4. The molecule has 0 amide bonds. The van der Waals surface area contributed by atoms with E-state index in [9.17, 15) is 4.79 Å². The fourth-order valence-electron chi connectivity index (χ4n) is 7.64. The van der Waals surface area contributed by atoms with Crippen LogP contribution in [0.5, 0.6) is 11.5 Å². The smallest absolute Gasteiger partial charge is 0.328 e. The maximum atomic E-state index is 11.1. The SMILES string of the molecule is COc1ccc(/C=C/C(=O)O)cc1-c1ccc(OCc2ccccc2)c(C23CC4CC(CC(C4)C2)C3)c1. The minimum absolute atomic E-state index is 0.171. The average Bonchev–Trinajstić information content (AvgIpc) is 2.90. The predicted octanol–water partition coefficient (Wildman–Crippen LogP) is 7.51. The zero-order chi connectivity index (χ0) is 25.4. The third-order valence-corrected chi connectivity index (χ3v) is 8.78. The lowest BCUT2D eigenvalue weighted by atomic mass is 9.48. The second-order valence-electron chi connectivity index (χ2n) is 11.3. The Morgan fingerprint density at radius 2 is 1.59 bits per heavy atom. The first-order valence-electron chi connectivity index (χ1n) is 13.4. The molecule has 0 aliphatic heterocycles. The van der Waals surface area contributed by atoms with E-state index in [2.05, 4.69) is 42.5 Å². The van der Waals surface area contributed by atoms with Crippen molar-refractivity contribution < 1.29 is 19.4 Å². The van der Waals surface area contributed by atoms with Gasteiger partial charge >= 0.3 is 5.97 Å². The molecule has 0 radical (unpaired) electrons. The Labute approximate surface area is 218 Å². The monoisotopic (exact) mass is 494 g/mol. The Hall–Kier alpha value is -3.53. The van der Waals surface area contributed by atoms with Gasteiger partial charge in [-0.25, -0.2) is 4.79 Å². The highest BCUT2D eigenvalue weighted by Gasteiger charge is 2.52. The number of ether oxygens (including phenoxy) is 2. The third-order valence-electron chi connectivity index (χ3n) is 8.78. The summed E-state index contributed by atoms with van der Waals surface area (Å²) in [6, 6.07) is 22.8. The van der Waals surface area contributed by atoms with Crippen molar-refractivity contribution >= 4 is 12.0 Å². The number of carboxylic acids is 1. The highest BCUT2D eigenvalue weighted by Crippen LogP contribution is 2.62. The molecule has 4 heteroatoms. The summed E-state index contributed by atoms with van der Waals surface area (Å²) in [5.41, 5.74) is 5.57. The van der Waals surface area contributed by atoms with E-state index in [0.717, 1.165) is 45.9 Å². The van der Waals surface area contributed by atoms with Crippen LogP contribution in [0.2, 0.25) is 0 Å². The molecule has 0 spiro atoms. The first-order chi connectivity index (χ1) is 18.0. The minimum atomic E-state index is -0.957. The maximum Gasteiger partial charge on any atom is 0.328 e. The zero-order valence-corrected chi connectivity index (χ0v) is 21.4. The van der Waals surface area contributed by atoms with Crippen molar-refractivity contribution in [3.8, 4) is 22.6 Å². The average molecular weight is 495 g/mol.